The van der Waals surface area contributed by atoms with Gasteiger partial charge in [0.1, 0.15) is 5.75 Å². The Morgan fingerprint density at radius 3 is 2.67 bits per heavy atom. The molecule has 0 radical (unpaired) electrons. The van der Waals surface area contributed by atoms with E-state index in [2.05, 4.69) is 22.6 Å². The number of carbonyl (C=O) groups excluding carboxylic acids is 1. The van der Waals surface area contributed by atoms with Crippen LogP contribution in [0.4, 0.5) is 0 Å². The smallest absolute Gasteiger partial charge is 0.257 e. The fourth-order valence-electron chi connectivity index (χ4n) is 2.63. The molecule has 2 bridgehead atoms. The van der Waals surface area contributed by atoms with E-state index in [1.807, 2.05) is 0 Å². The van der Waals surface area contributed by atoms with Crippen LogP contribution in [0.15, 0.2) is 18.2 Å². The van der Waals surface area contributed by atoms with Gasteiger partial charge in [0.05, 0.1) is 17.8 Å². The third-order valence-electron chi connectivity index (χ3n) is 3.52. The Hall–Kier alpha value is -0.820. The lowest BCUT2D eigenvalue weighted by Crippen LogP contribution is -2.45. The normalized spacial score (nSPS) is 26.4. The van der Waals surface area contributed by atoms with Gasteiger partial charge in [-0.2, -0.15) is 0 Å². The zero-order chi connectivity index (χ0) is 12.7. The van der Waals surface area contributed by atoms with E-state index in [4.69, 9.17) is 4.74 Å². The van der Waals surface area contributed by atoms with E-state index in [0.29, 0.717) is 18.7 Å². The summed E-state index contributed by atoms with van der Waals surface area (Å²) in [6, 6.07) is 5.09. The predicted octanol–water partition coefficient (Wildman–Crippen LogP) is 2.00. The first-order chi connectivity index (χ1) is 8.63. The van der Waals surface area contributed by atoms with Gasteiger partial charge in [-0.05, 0) is 53.6 Å². The van der Waals surface area contributed by atoms with E-state index in [0.717, 1.165) is 16.4 Å². The third-order valence-corrected chi connectivity index (χ3v) is 4.19. The Labute approximate surface area is 119 Å². The van der Waals surface area contributed by atoms with Crippen LogP contribution in [0.25, 0.3) is 0 Å². The summed E-state index contributed by atoms with van der Waals surface area (Å²) in [5.74, 6) is -0.0366. The summed E-state index contributed by atoms with van der Waals surface area (Å²) in [6.45, 7) is 1.28. The van der Waals surface area contributed by atoms with Crippen LogP contribution in [0.1, 0.15) is 23.2 Å². The number of phenols is 1. The van der Waals surface area contributed by atoms with Crippen LogP contribution < -0.4 is 0 Å². The second-order valence-electron chi connectivity index (χ2n) is 4.83. The van der Waals surface area contributed by atoms with Gasteiger partial charge in [-0.1, -0.05) is 0 Å². The van der Waals surface area contributed by atoms with Gasteiger partial charge in [-0.15, -0.1) is 0 Å². The quantitative estimate of drug-likeness (QED) is 0.781. The van der Waals surface area contributed by atoms with Crippen LogP contribution in [0.2, 0.25) is 0 Å². The molecule has 2 fully saturated rings. The van der Waals surface area contributed by atoms with E-state index in [1.54, 1.807) is 23.1 Å². The first-order valence-electron chi connectivity index (χ1n) is 6.07. The Kier molecular flexibility index (Phi) is 3.19. The molecule has 0 aliphatic carbocycles. The summed E-state index contributed by atoms with van der Waals surface area (Å²) in [5, 5.41) is 9.80. The summed E-state index contributed by atoms with van der Waals surface area (Å²) in [5.41, 5.74) is 0.392. The van der Waals surface area contributed by atoms with Gasteiger partial charge in [-0.3, -0.25) is 4.79 Å². The van der Waals surface area contributed by atoms with Crippen molar-refractivity contribution in [2.24, 2.45) is 0 Å². The van der Waals surface area contributed by atoms with Gasteiger partial charge in [0.25, 0.3) is 5.91 Å². The number of hydrogen-bond donors (Lipinski definition) is 1. The van der Waals surface area contributed by atoms with Crippen LogP contribution in [0.3, 0.4) is 0 Å². The number of aromatic hydroxyl groups is 1. The Morgan fingerprint density at radius 1 is 1.33 bits per heavy atom. The van der Waals surface area contributed by atoms with E-state index >= 15 is 0 Å². The molecule has 0 aromatic heterocycles. The molecule has 2 aliphatic heterocycles. The van der Waals surface area contributed by atoms with Crippen molar-refractivity contribution in [3.05, 3.63) is 27.3 Å². The maximum absolute atomic E-state index is 12.4. The molecular weight excluding hydrogens is 345 g/mol. The van der Waals surface area contributed by atoms with Crippen molar-refractivity contribution in [1.29, 1.82) is 0 Å². The van der Waals surface area contributed by atoms with Crippen LogP contribution >= 0.6 is 22.6 Å². The number of amides is 1. The molecule has 5 heteroatoms. The van der Waals surface area contributed by atoms with Crippen molar-refractivity contribution in [3.8, 4) is 5.75 Å². The largest absolute Gasteiger partial charge is 0.507 e. The lowest BCUT2D eigenvalue weighted by atomic mass is 10.1. The zero-order valence-corrected chi connectivity index (χ0v) is 12.0. The molecule has 4 nitrogen and oxygen atoms in total. The van der Waals surface area contributed by atoms with Crippen molar-refractivity contribution >= 4 is 28.5 Å². The van der Waals surface area contributed by atoms with Crippen LogP contribution in [-0.2, 0) is 4.74 Å². The number of phenolic OH excluding ortho intramolecular Hbond substituents is 1. The molecular formula is C13H14INO3. The number of benzene rings is 1. The van der Waals surface area contributed by atoms with Gasteiger partial charge in [0.2, 0.25) is 0 Å². The second kappa shape index (κ2) is 4.70. The molecule has 1 amide bonds. The molecule has 1 aromatic carbocycles. The van der Waals surface area contributed by atoms with E-state index in [1.165, 1.54) is 0 Å². The van der Waals surface area contributed by atoms with Crippen LogP contribution in [0, 0.1) is 3.57 Å². The van der Waals surface area contributed by atoms with E-state index in [-0.39, 0.29) is 23.9 Å². The molecule has 96 valence electrons. The molecule has 1 aromatic rings. The SMILES string of the molecule is O=C(c1cc(I)ccc1O)N1CC2CCC(C1)O2. The number of halogens is 1. The van der Waals surface area contributed by atoms with Crippen molar-refractivity contribution < 1.29 is 14.6 Å². The molecule has 2 saturated heterocycles. The lowest BCUT2D eigenvalue weighted by molar-refractivity contribution is -0.0304. The van der Waals surface area contributed by atoms with Crippen LogP contribution in [-0.4, -0.2) is 41.2 Å². The zero-order valence-electron chi connectivity index (χ0n) is 9.80. The third kappa shape index (κ3) is 2.21. The van der Waals surface area contributed by atoms with Gasteiger partial charge in [0, 0.05) is 16.7 Å². The maximum Gasteiger partial charge on any atom is 0.257 e. The van der Waals surface area contributed by atoms with E-state index < -0.39 is 0 Å². The standard InChI is InChI=1S/C13H14INO3/c14-8-1-4-12(16)11(5-8)13(17)15-6-9-2-3-10(7-15)18-9/h1,4-5,9-10,16H,2-3,6-7H2. The van der Waals surface area contributed by atoms with Crippen molar-refractivity contribution in [1.82, 2.24) is 4.90 Å². The fraction of sp³-hybridized carbons (Fsp3) is 0.462. The minimum absolute atomic E-state index is 0.0549. The number of rotatable bonds is 1. The summed E-state index contributed by atoms with van der Waals surface area (Å²) in [4.78, 5) is 14.2. The highest BCUT2D eigenvalue weighted by Gasteiger charge is 2.36. The summed E-state index contributed by atoms with van der Waals surface area (Å²) in [7, 11) is 0. The molecule has 1 N–H and O–H groups in total. The number of fused-ring (bicyclic) bond motifs is 2. The summed E-state index contributed by atoms with van der Waals surface area (Å²) < 4.78 is 6.66. The highest BCUT2D eigenvalue weighted by molar-refractivity contribution is 14.1. The summed E-state index contributed by atoms with van der Waals surface area (Å²) >= 11 is 2.14. The first kappa shape index (κ1) is 12.2. The molecule has 0 saturated carbocycles. The molecule has 0 spiro atoms. The number of nitrogens with zero attached hydrogens (tertiary/aromatic N) is 1. The number of ether oxygens (including phenoxy) is 1. The predicted molar refractivity (Wildman–Crippen MR) is 74.6 cm³/mol. The van der Waals surface area contributed by atoms with E-state index in [9.17, 15) is 9.90 Å². The number of morpholine rings is 1. The Balaban J connectivity index is 1.84. The van der Waals surface area contributed by atoms with Gasteiger partial charge >= 0.3 is 0 Å². The molecule has 3 rings (SSSR count). The minimum atomic E-state index is -0.0915. The lowest BCUT2D eigenvalue weighted by Gasteiger charge is -2.32. The number of likely N-dealkylation sites (tertiary alicyclic amines) is 1. The highest BCUT2D eigenvalue weighted by atomic mass is 127. The molecule has 2 unspecified atom stereocenters. The molecule has 2 heterocycles. The topological polar surface area (TPSA) is 49.8 Å². The number of hydrogen-bond acceptors (Lipinski definition) is 3. The fourth-order valence-corrected chi connectivity index (χ4v) is 3.12. The Morgan fingerprint density at radius 2 is 2.00 bits per heavy atom. The van der Waals surface area contributed by atoms with Gasteiger partial charge in [0.15, 0.2) is 0 Å². The average molecular weight is 359 g/mol. The van der Waals surface area contributed by atoms with Crippen molar-refractivity contribution in [2.75, 3.05) is 13.1 Å². The van der Waals surface area contributed by atoms with Crippen molar-refractivity contribution in [3.63, 3.8) is 0 Å². The first-order valence-corrected chi connectivity index (χ1v) is 7.14. The average Bonchev–Trinajstić information content (AvgIpc) is 2.70. The van der Waals surface area contributed by atoms with Crippen molar-refractivity contribution in [2.45, 2.75) is 25.0 Å². The molecule has 2 atom stereocenters. The van der Waals surface area contributed by atoms with Gasteiger partial charge < -0.3 is 14.7 Å². The Bertz CT molecular complexity index is 479. The van der Waals surface area contributed by atoms with Gasteiger partial charge in [-0.25, -0.2) is 0 Å². The molecule has 2 aliphatic rings. The van der Waals surface area contributed by atoms with Crippen LogP contribution in [0.5, 0.6) is 5.75 Å². The monoisotopic (exact) mass is 359 g/mol. The molecule has 18 heavy (non-hydrogen) atoms. The summed E-state index contributed by atoms with van der Waals surface area (Å²) in [6.07, 6.45) is 2.43. The highest BCUT2D eigenvalue weighted by Crippen LogP contribution is 2.29. The minimum Gasteiger partial charge on any atom is -0.507 e. The number of carbonyl (C=O) groups is 1. The second-order valence-corrected chi connectivity index (χ2v) is 6.07. The maximum atomic E-state index is 12.4.